The molecule has 0 unspecified atom stereocenters. The number of benzene rings is 1. The minimum atomic E-state index is -0.0979. The zero-order valence-corrected chi connectivity index (χ0v) is 14.1. The third kappa shape index (κ3) is 4.20. The van der Waals surface area contributed by atoms with Crippen molar-refractivity contribution in [2.45, 2.75) is 13.8 Å². The first-order chi connectivity index (χ1) is 12.1. The van der Waals surface area contributed by atoms with E-state index >= 15 is 0 Å². The predicted molar refractivity (Wildman–Crippen MR) is 94.3 cm³/mol. The number of pyridine rings is 1. The van der Waals surface area contributed by atoms with Gasteiger partial charge in [0.1, 0.15) is 5.82 Å². The number of aromatic nitrogens is 3. The minimum Gasteiger partial charge on any atom is -0.368 e. The number of aryl methyl sites for hydroxylation is 2. The average Bonchev–Trinajstić information content (AvgIpc) is 3.05. The van der Waals surface area contributed by atoms with Crippen molar-refractivity contribution in [2.24, 2.45) is 0 Å². The van der Waals surface area contributed by atoms with Crippen molar-refractivity contribution >= 4 is 11.7 Å². The van der Waals surface area contributed by atoms with E-state index in [-0.39, 0.29) is 5.91 Å². The molecule has 0 bridgehead atoms. The molecule has 0 fully saturated rings. The fourth-order valence-corrected chi connectivity index (χ4v) is 2.37. The SMILES string of the molecule is Cc1cccc(C(=O)NCCNc2ncccc2-c2nc(C)no2)c1. The summed E-state index contributed by atoms with van der Waals surface area (Å²) in [6.45, 7) is 4.71. The first-order valence-corrected chi connectivity index (χ1v) is 7.98. The van der Waals surface area contributed by atoms with Crippen molar-refractivity contribution in [2.75, 3.05) is 18.4 Å². The molecule has 3 rings (SSSR count). The lowest BCUT2D eigenvalue weighted by Gasteiger charge is -2.09. The van der Waals surface area contributed by atoms with Gasteiger partial charge in [0.05, 0.1) is 5.56 Å². The Hall–Kier alpha value is -3.22. The summed E-state index contributed by atoms with van der Waals surface area (Å²) in [5, 5.41) is 9.86. The molecule has 1 aromatic carbocycles. The number of nitrogens with zero attached hydrogens (tertiary/aromatic N) is 3. The molecule has 128 valence electrons. The van der Waals surface area contributed by atoms with Crippen molar-refractivity contribution < 1.29 is 9.32 Å². The van der Waals surface area contributed by atoms with Crippen LogP contribution in [0.4, 0.5) is 5.82 Å². The van der Waals surface area contributed by atoms with Crippen LogP contribution in [0.1, 0.15) is 21.7 Å². The van der Waals surface area contributed by atoms with E-state index < -0.39 is 0 Å². The van der Waals surface area contributed by atoms with Gasteiger partial charge in [0.15, 0.2) is 5.82 Å². The monoisotopic (exact) mass is 337 g/mol. The molecule has 0 aliphatic heterocycles. The largest absolute Gasteiger partial charge is 0.368 e. The lowest BCUT2D eigenvalue weighted by atomic mass is 10.1. The van der Waals surface area contributed by atoms with Crippen molar-refractivity contribution in [3.8, 4) is 11.5 Å². The van der Waals surface area contributed by atoms with E-state index in [0.717, 1.165) is 11.1 Å². The Kier molecular flexibility index (Phi) is 5.03. The minimum absolute atomic E-state index is 0.0979. The highest BCUT2D eigenvalue weighted by atomic mass is 16.5. The maximum Gasteiger partial charge on any atom is 0.261 e. The van der Waals surface area contributed by atoms with Crippen LogP contribution in [-0.2, 0) is 0 Å². The van der Waals surface area contributed by atoms with E-state index in [1.54, 1.807) is 25.3 Å². The molecule has 0 aliphatic carbocycles. The molecule has 1 amide bonds. The van der Waals surface area contributed by atoms with Crippen LogP contribution in [0.15, 0.2) is 47.1 Å². The van der Waals surface area contributed by atoms with Crippen molar-refractivity contribution in [3.05, 3.63) is 59.5 Å². The first kappa shape index (κ1) is 16.6. The summed E-state index contributed by atoms with van der Waals surface area (Å²) in [6, 6.07) is 11.1. The fraction of sp³-hybridized carbons (Fsp3) is 0.222. The highest BCUT2D eigenvalue weighted by Crippen LogP contribution is 2.23. The quantitative estimate of drug-likeness (QED) is 0.672. The molecule has 0 radical (unpaired) electrons. The first-order valence-electron chi connectivity index (χ1n) is 7.98. The summed E-state index contributed by atoms with van der Waals surface area (Å²) in [6.07, 6.45) is 1.68. The second kappa shape index (κ2) is 7.57. The van der Waals surface area contributed by atoms with Gasteiger partial charge in [0.2, 0.25) is 0 Å². The summed E-state index contributed by atoms with van der Waals surface area (Å²) >= 11 is 0. The van der Waals surface area contributed by atoms with Crippen LogP contribution in [0.25, 0.3) is 11.5 Å². The molecule has 0 saturated carbocycles. The summed E-state index contributed by atoms with van der Waals surface area (Å²) in [7, 11) is 0. The number of carbonyl (C=O) groups excluding carboxylic acids is 1. The van der Waals surface area contributed by atoms with Gasteiger partial charge >= 0.3 is 0 Å². The molecule has 25 heavy (non-hydrogen) atoms. The Morgan fingerprint density at radius 2 is 2.04 bits per heavy atom. The van der Waals surface area contributed by atoms with E-state index in [1.165, 1.54) is 0 Å². The maximum atomic E-state index is 12.1. The smallest absolute Gasteiger partial charge is 0.261 e. The van der Waals surface area contributed by atoms with E-state index in [1.807, 2.05) is 31.2 Å². The highest BCUT2D eigenvalue weighted by Gasteiger charge is 2.12. The van der Waals surface area contributed by atoms with Crippen LogP contribution in [0.2, 0.25) is 0 Å². The molecule has 0 saturated heterocycles. The molecular formula is C18H19N5O2. The molecule has 2 aromatic heterocycles. The van der Waals surface area contributed by atoms with Crippen LogP contribution < -0.4 is 10.6 Å². The second-order valence-corrected chi connectivity index (χ2v) is 5.60. The summed E-state index contributed by atoms with van der Waals surface area (Å²) in [5.41, 5.74) is 2.44. The number of anilines is 1. The number of hydrogen-bond donors (Lipinski definition) is 2. The normalized spacial score (nSPS) is 10.5. The van der Waals surface area contributed by atoms with Gasteiger partial charge in [-0.25, -0.2) is 4.98 Å². The third-order valence-corrected chi connectivity index (χ3v) is 3.55. The van der Waals surface area contributed by atoms with E-state index in [9.17, 15) is 4.79 Å². The van der Waals surface area contributed by atoms with Crippen LogP contribution in [-0.4, -0.2) is 34.1 Å². The molecule has 3 aromatic rings. The Labute approximate surface area is 145 Å². The molecule has 0 atom stereocenters. The Morgan fingerprint density at radius 1 is 1.16 bits per heavy atom. The number of carbonyl (C=O) groups is 1. The van der Waals surface area contributed by atoms with Crippen LogP contribution in [0.3, 0.4) is 0 Å². The Morgan fingerprint density at radius 3 is 2.80 bits per heavy atom. The number of hydrogen-bond acceptors (Lipinski definition) is 6. The molecule has 7 heteroatoms. The molecule has 0 spiro atoms. The van der Waals surface area contributed by atoms with Crippen molar-refractivity contribution in [3.63, 3.8) is 0 Å². The van der Waals surface area contributed by atoms with Gasteiger partial charge in [0.25, 0.3) is 11.8 Å². The van der Waals surface area contributed by atoms with E-state index in [4.69, 9.17) is 4.52 Å². The molecule has 0 aliphatic rings. The summed E-state index contributed by atoms with van der Waals surface area (Å²) < 4.78 is 5.19. The Bertz CT molecular complexity index is 875. The van der Waals surface area contributed by atoms with Crippen LogP contribution in [0, 0.1) is 13.8 Å². The lowest BCUT2D eigenvalue weighted by Crippen LogP contribution is -2.29. The number of nitrogens with one attached hydrogen (secondary N) is 2. The predicted octanol–water partition coefficient (Wildman–Crippen LogP) is 2.59. The van der Waals surface area contributed by atoms with Gasteiger partial charge in [-0.2, -0.15) is 4.98 Å². The maximum absolute atomic E-state index is 12.1. The van der Waals surface area contributed by atoms with Crippen LogP contribution in [0.5, 0.6) is 0 Å². The zero-order valence-electron chi connectivity index (χ0n) is 14.1. The van der Waals surface area contributed by atoms with Gasteiger partial charge < -0.3 is 15.2 Å². The molecular weight excluding hydrogens is 318 g/mol. The van der Waals surface area contributed by atoms with Crippen molar-refractivity contribution in [1.82, 2.24) is 20.4 Å². The van der Waals surface area contributed by atoms with Gasteiger partial charge in [-0.15, -0.1) is 0 Å². The summed E-state index contributed by atoms with van der Waals surface area (Å²) in [5.74, 6) is 1.52. The van der Waals surface area contributed by atoms with Gasteiger partial charge in [-0.05, 0) is 38.1 Å². The number of amides is 1. The topological polar surface area (TPSA) is 92.9 Å². The molecule has 2 heterocycles. The average molecular weight is 337 g/mol. The van der Waals surface area contributed by atoms with E-state index in [0.29, 0.717) is 36.2 Å². The van der Waals surface area contributed by atoms with Gasteiger partial charge in [-0.3, -0.25) is 4.79 Å². The standard InChI is InChI=1S/C18H19N5O2/c1-12-5-3-6-14(11-12)17(24)21-10-9-20-16-15(7-4-8-19-16)18-22-13(2)23-25-18/h3-8,11H,9-10H2,1-2H3,(H,19,20)(H,21,24). The van der Waals surface area contributed by atoms with Gasteiger partial charge in [0, 0.05) is 24.8 Å². The zero-order chi connectivity index (χ0) is 17.6. The third-order valence-electron chi connectivity index (χ3n) is 3.55. The molecule has 7 nitrogen and oxygen atoms in total. The van der Waals surface area contributed by atoms with Crippen molar-refractivity contribution in [1.29, 1.82) is 0 Å². The van der Waals surface area contributed by atoms with Crippen LogP contribution >= 0.6 is 0 Å². The Balaban J connectivity index is 1.57. The van der Waals surface area contributed by atoms with E-state index in [2.05, 4.69) is 25.8 Å². The summed E-state index contributed by atoms with van der Waals surface area (Å²) in [4.78, 5) is 20.6. The van der Waals surface area contributed by atoms with Gasteiger partial charge in [-0.1, -0.05) is 22.9 Å². The lowest BCUT2D eigenvalue weighted by molar-refractivity contribution is 0.0955. The fourth-order valence-electron chi connectivity index (χ4n) is 2.37. The second-order valence-electron chi connectivity index (χ2n) is 5.60. The highest BCUT2D eigenvalue weighted by molar-refractivity contribution is 5.94. The number of rotatable bonds is 6. The molecule has 2 N–H and O–H groups in total.